The maximum atomic E-state index is 12.4. The Morgan fingerprint density at radius 2 is 1.88 bits per heavy atom. The first-order chi connectivity index (χ1) is 12.1. The molecule has 25 heavy (non-hydrogen) atoms. The van der Waals surface area contributed by atoms with Crippen LogP contribution in [0.1, 0.15) is 24.8 Å². The summed E-state index contributed by atoms with van der Waals surface area (Å²) in [5.41, 5.74) is 1.17. The number of thioether (sulfide) groups is 2. The van der Waals surface area contributed by atoms with Crippen LogP contribution in [0.3, 0.4) is 0 Å². The van der Waals surface area contributed by atoms with Gasteiger partial charge in [0, 0.05) is 30.4 Å². The van der Waals surface area contributed by atoms with Crippen LogP contribution < -0.4 is 0 Å². The van der Waals surface area contributed by atoms with Gasteiger partial charge in [0.2, 0.25) is 11.8 Å². The molecule has 5 nitrogen and oxygen atoms in total. The van der Waals surface area contributed by atoms with Gasteiger partial charge in [-0.3, -0.25) is 19.3 Å². The predicted octanol–water partition coefficient (Wildman–Crippen LogP) is 3.03. The molecule has 3 amide bonds. The Kier molecular flexibility index (Phi) is 6.06. The van der Waals surface area contributed by atoms with Gasteiger partial charge in [0.25, 0.3) is 5.24 Å². The summed E-state index contributed by atoms with van der Waals surface area (Å²) in [4.78, 5) is 40.5. The van der Waals surface area contributed by atoms with E-state index in [1.54, 1.807) is 11.8 Å². The van der Waals surface area contributed by atoms with Crippen molar-refractivity contribution in [2.24, 2.45) is 0 Å². The number of amides is 3. The van der Waals surface area contributed by atoms with Crippen molar-refractivity contribution in [1.29, 1.82) is 0 Å². The van der Waals surface area contributed by atoms with Gasteiger partial charge < -0.3 is 4.90 Å². The average Bonchev–Trinajstić information content (AvgIpc) is 2.98. The van der Waals surface area contributed by atoms with Crippen molar-refractivity contribution in [3.05, 3.63) is 29.8 Å². The molecular formula is C18H22N2O3S2. The van der Waals surface area contributed by atoms with Crippen LogP contribution in [0, 0.1) is 0 Å². The summed E-state index contributed by atoms with van der Waals surface area (Å²) in [6.45, 7) is 1.24. The molecule has 2 aliphatic heterocycles. The molecule has 3 rings (SSSR count). The molecule has 2 saturated heterocycles. The quantitative estimate of drug-likeness (QED) is 0.737. The highest BCUT2D eigenvalue weighted by molar-refractivity contribution is 8.14. The lowest BCUT2D eigenvalue weighted by atomic mass is 10.0. The molecule has 1 aromatic rings. The van der Waals surface area contributed by atoms with E-state index in [0.29, 0.717) is 32.4 Å². The number of likely N-dealkylation sites (tertiary alicyclic amines) is 1. The second-order valence-electron chi connectivity index (χ2n) is 6.28. The zero-order valence-electron chi connectivity index (χ0n) is 14.3. The molecule has 0 unspecified atom stereocenters. The van der Waals surface area contributed by atoms with E-state index < -0.39 is 0 Å². The van der Waals surface area contributed by atoms with E-state index in [9.17, 15) is 14.4 Å². The minimum Gasteiger partial charge on any atom is -0.343 e. The second kappa shape index (κ2) is 8.27. The van der Waals surface area contributed by atoms with Gasteiger partial charge in [-0.2, -0.15) is 0 Å². The number of carbonyl (C=O) groups excluding carboxylic acids is 3. The minimum absolute atomic E-state index is 0.0434. The summed E-state index contributed by atoms with van der Waals surface area (Å²) in [5, 5.41) is -0.136. The van der Waals surface area contributed by atoms with Gasteiger partial charge >= 0.3 is 0 Å². The lowest BCUT2D eigenvalue weighted by Crippen LogP contribution is -2.48. The summed E-state index contributed by atoms with van der Waals surface area (Å²) in [7, 11) is 0. The number of rotatable bonds is 5. The van der Waals surface area contributed by atoms with Gasteiger partial charge in [0.15, 0.2) is 0 Å². The zero-order valence-corrected chi connectivity index (χ0v) is 15.9. The van der Waals surface area contributed by atoms with Gasteiger partial charge in [-0.25, -0.2) is 0 Å². The number of aryl methyl sites for hydroxylation is 1. The molecule has 0 N–H and O–H groups in total. The van der Waals surface area contributed by atoms with Crippen LogP contribution in [0.25, 0.3) is 0 Å². The number of nitrogens with zero attached hydrogens (tertiary/aromatic N) is 2. The van der Waals surface area contributed by atoms with E-state index in [-0.39, 0.29) is 28.8 Å². The summed E-state index contributed by atoms with van der Waals surface area (Å²) in [6, 6.07) is 8.27. The minimum atomic E-state index is -0.136. The highest BCUT2D eigenvalue weighted by Crippen LogP contribution is 2.27. The van der Waals surface area contributed by atoms with Crippen molar-refractivity contribution in [3.63, 3.8) is 0 Å². The first kappa shape index (κ1) is 18.3. The number of benzene rings is 1. The maximum Gasteiger partial charge on any atom is 0.289 e. The van der Waals surface area contributed by atoms with E-state index in [4.69, 9.17) is 0 Å². The number of hydrogen-bond acceptors (Lipinski definition) is 5. The largest absolute Gasteiger partial charge is 0.343 e. The third-order valence-electron chi connectivity index (χ3n) is 4.75. The molecule has 7 heteroatoms. The number of imide groups is 1. The van der Waals surface area contributed by atoms with Crippen molar-refractivity contribution in [2.45, 2.75) is 36.6 Å². The van der Waals surface area contributed by atoms with Crippen LogP contribution in [-0.4, -0.2) is 58.0 Å². The third-order valence-corrected chi connectivity index (χ3v) is 6.33. The molecule has 2 aliphatic rings. The van der Waals surface area contributed by atoms with Crippen molar-refractivity contribution >= 4 is 40.6 Å². The predicted molar refractivity (Wildman–Crippen MR) is 101 cm³/mol. The Hall–Kier alpha value is -1.47. The van der Waals surface area contributed by atoms with Gasteiger partial charge in [-0.1, -0.05) is 23.9 Å². The first-order valence-electron chi connectivity index (χ1n) is 8.48. The highest BCUT2D eigenvalue weighted by atomic mass is 32.2. The lowest BCUT2D eigenvalue weighted by Gasteiger charge is -2.35. The standard InChI is InChI=1S/C18H22N2O3S2/c1-24-15-5-2-13(3-6-15)4-7-16(21)19-10-8-14(9-11-19)20-17(22)12-25-18(20)23/h2-3,5-6,14H,4,7-12H2,1H3. The molecular weight excluding hydrogens is 356 g/mol. The molecule has 0 aliphatic carbocycles. The van der Waals surface area contributed by atoms with Crippen molar-refractivity contribution in [2.75, 3.05) is 25.1 Å². The summed E-state index contributed by atoms with van der Waals surface area (Å²) in [6.07, 6.45) is 4.66. The molecule has 2 fully saturated rings. The van der Waals surface area contributed by atoms with Crippen LogP contribution in [0.2, 0.25) is 0 Å². The molecule has 0 radical (unpaired) electrons. The third kappa shape index (κ3) is 4.39. The van der Waals surface area contributed by atoms with Crippen LogP contribution in [-0.2, 0) is 16.0 Å². The Labute approximate surface area is 156 Å². The number of piperidine rings is 1. The topological polar surface area (TPSA) is 57.7 Å². The SMILES string of the molecule is CSc1ccc(CCC(=O)N2CCC(N3C(=O)CSC3=O)CC2)cc1. The molecule has 0 spiro atoms. The van der Waals surface area contributed by atoms with Crippen LogP contribution in [0.4, 0.5) is 4.79 Å². The van der Waals surface area contributed by atoms with Crippen molar-refractivity contribution in [3.8, 4) is 0 Å². The Bertz CT molecular complexity index is 639. The lowest BCUT2D eigenvalue weighted by molar-refractivity contribution is -0.133. The summed E-state index contributed by atoms with van der Waals surface area (Å²) >= 11 is 2.78. The molecule has 0 saturated carbocycles. The number of carbonyl (C=O) groups is 3. The van der Waals surface area contributed by atoms with E-state index in [1.807, 2.05) is 11.2 Å². The molecule has 0 aromatic heterocycles. The van der Waals surface area contributed by atoms with Crippen molar-refractivity contribution in [1.82, 2.24) is 9.80 Å². The monoisotopic (exact) mass is 378 g/mol. The second-order valence-corrected chi connectivity index (χ2v) is 8.08. The summed E-state index contributed by atoms with van der Waals surface area (Å²) < 4.78 is 0. The Morgan fingerprint density at radius 3 is 2.44 bits per heavy atom. The van der Waals surface area contributed by atoms with Crippen LogP contribution in [0.15, 0.2) is 29.2 Å². The zero-order chi connectivity index (χ0) is 17.8. The molecule has 0 bridgehead atoms. The van der Waals surface area contributed by atoms with Gasteiger partial charge in [0.1, 0.15) is 0 Å². The smallest absolute Gasteiger partial charge is 0.289 e. The number of hydrogen-bond donors (Lipinski definition) is 0. The average molecular weight is 379 g/mol. The fourth-order valence-electron chi connectivity index (χ4n) is 3.29. The molecule has 2 heterocycles. The van der Waals surface area contributed by atoms with E-state index in [1.165, 1.54) is 15.4 Å². The fraction of sp³-hybridized carbons (Fsp3) is 0.500. The molecule has 134 valence electrons. The van der Waals surface area contributed by atoms with Gasteiger partial charge in [-0.05, 0) is 43.2 Å². The maximum absolute atomic E-state index is 12.4. The van der Waals surface area contributed by atoms with Gasteiger partial charge in [0.05, 0.1) is 5.75 Å². The summed E-state index contributed by atoms with van der Waals surface area (Å²) in [5.74, 6) is 0.321. The highest BCUT2D eigenvalue weighted by Gasteiger charge is 2.37. The van der Waals surface area contributed by atoms with E-state index in [2.05, 4.69) is 24.3 Å². The molecule has 0 atom stereocenters. The van der Waals surface area contributed by atoms with Crippen LogP contribution >= 0.6 is 23.5 Å². The first-order valence-corrected chi connectivity index (χ1v) is 10.7. The van der Waals surface area contributed by atoms with Crippen molar-refractivity contribution < 1.29 is 14.4 Å². The normalized spacial score (nSPS) is 18.9. The van der Waals surface area contributed by atoms with Gasteiger partial charge in [-0.15, -0.1) is 11.8 Å². The Balaban J connectivity index is 1.46. The van der Waals surface area contributed by atoms with E-state index >= 15 is 0 Å². The Morgan fingerprint density at radius 1 is 1.20 bits per heavy atom. The molecule has 1 aromatic carbocycles. The van der Waals surface area contributed by atoms with E-state index in [0.717, 1.165) is 18.2 Å². The fourth-order valence-corrected chi connectivity index (χ4v) is 4.48. The van der Waals surface area contributed by atoms with Crippen LogP contribution in [0.5, 0.6) is 0 Å².